The minimum absolute atomic E-state index is 0.414. The van der Waals surface area contributed by atoms with Gasteiger partial charge >= 0.3 is 90.4 Å². The average molecular weight is 319 g/mol. The molecule has 0 aliphatic carbocycles. The molecule has 0 unspecified atom stereocenters. The third-order valence-corrected chi connectivity index (χ3v) is 9.17. The summed E-state index contributed by atoms with van der Waals surface area (Å²) in [6, 6.07) is 7.36. The fourth-order valence-corrected chi connectivity index (χ4v) is 5.16. The van der Waals surface area contributed by atoms with Crippen molar-refractivity contribution in [1.82, 2.24) is 0 Å². The zero-order valence-corrected chi connectivity index (χ0v) is 12.7. The van der Waals surface area contributed by atoms with Crippen molar-refractivity contribution < 1.29 is 8.42 Å². The molecule has 1 rings (SSSR count). The summed E-state index contributed by atoms with van der Waals surface area (Å²) in [6.45, 7) is 0. The van der Waals surface area contributed by atoms with Crippen LogP contribution in [0.1, 0.15) is 0 Å². The zero-order chi connectivity index (χ0) is 11.0. The van der Waals surface area contributed by atoms with E-state index >= 15 is 0 Å². The summed E-state index contributed by atoms with van der Waals surface area (Å²) < 4.78 is 23.8. The average Bonchev–Trinajstić information content (AvgIpc) is 2.01. The molecular weight excluding hydrogens is 303 g/mol. The van der Waals surface area contributed by atoms with Crippen LogP contribution >= 0.6 is 0 Å². The van der Waals surface area contributed by atoms with E-state index in [1.54, 1.807) is 12.1 Å². The van der Waals surface area contributed by atoms with Crippen molar-refractivity contribution in [3.05, 3.63) is 24.3 Å². The van der Waals surface area contributed by atoms with E-state index in [1.807, 2.05) is 12.1 Å². The second kappa shape index (κ2) is 3.85. The molecule has 1 aromatic carbocycles. The normalized spacial score (nSPS) is 12.9. The molecule has 0 saturated heterocycles. The van der Waals surface area contributed by atoms with E-state index in [9.17, 15) is 8.42 Å². The van der Waals surface area contributed by atoms with Gasteiger partial charge in [-0.2, -0.15) is 0 Å². The first kappa shape index (κ1) is 12.0. The third kappa shape index (κ3) is 2.98. The van der Waals surface area contributed by atoms with Crippen LogP contribution in [0.4, 0.5) is 0 Å². The van der Waals surface area contributed by atoms with Gasteiger partial charge in [-0.3, -0.25) is 0 Å². The molecule has 0 saturated carbocycles. The molecule has 1 aromatic rings. The molecule has 0 spiro atoms. The van der Waals surface area contributed by atoms with Crippen molar-refractivity contribution in [2.75, 3.05) is 6.26 Å². The monoisotopic (exact) mass is 320 g/mol. The van der Waals surface area contributed by atoms with Crippen molar-refractivity contribution in [3.8, 4) is 0 Å². The van der Waals surface area contributed by atoms with Gasteiger partial charge in [-0.15, -0.1) is 0 Å². The first-order chi connectivity index (χ1) is 6.21. The molecule has 4 heteroatoms. The Hall–Kier alpha value is -0.0313. The van der Waals surface area contributed by atoms with Crippen LogP contribution in [0, 0.1) is 0 Å². The molecular formula is C10H16O2SSn. The predicted molar refractivity (Wildman–Crippen MR) is 62.5 cm³/mol. The Kier molecular flexibility index (Phi) is 3.31. The Morgan fingerprint density at radius 2 is 1.43 bits per heavy atom. The maximum absolute atomic E-state index is 11.2. The van der Waals surface area contributed by atoms with E-state index in [1.165, 1.54) is 9.84 Å². The van der Waals surface area contributed by atoms with E-state index in [2.05, 4.69) is 14.8 Å². The maximum atomic E-state index is 11.2. The SMILES string of the molecule is CS(=O)(=O)c1cc[c]([Sn]([CH3])([CH3])[CH3])cc1. The predicted octanol–water partition coefficient (Wildman–Crippen LogP) is 1.64. The topological polar surface area (TPSA) is 34.1 Å². The molecule has 2 nitrogen and oxygen atoms in total. The molecule has 0 fully saturated rings. The molecule has 0 radical (unpaired) electrons. The third-order valence-electron chi connectivity index (χ3n) is 2.15. The molecule has 0 aliphatic heterocycles. The number of sulfone groups is 1. The number of rotatable bonds is 2. The molecule has 78 valence electrons. The molecule has 0 amide bonds. The number of hydrogen-bond acceptors (Lipinski definition) is 2. The van der Waals surface area contributed by atoms with E-state index in [0.717, 1.165) is 0 Å². The molecule has 0 heterocycles. The Labute approximate surface area is 90.1 Å². The molecule has 0 atom stereocenters. The quantitative estimate of drug-likeness (QED) is 0.777. The van der Waals surface area contributed by atoms with Gasteiger partial charge in [-0.25, -0.2) is 0 Å². The standard InChI is InChI=1S/C7H7O2S.3CH3.Sn/c1-10(8,9)7-5-3-2-4-6-7;;;;/h3-6H,1H3;3*1H3;. The molecule has 0 aromatic heterocycles. The van der Waals surface area contributed by atoms with Crippen LogP contribution in [0.15, 0.2) is 29.2 Å². The van der Waals surface area contributed by atoms with Gasteiger partial charge < -0.3 is 0 Å². The van der Waals surface area contributed by atoms with Gasteiger partial charge in [0, 0.05) is 0 Å². The summed E-state index contributed by atoms with van der Waals surface area (Å²) in [6.07, 6.45) is 1.24. The fourth-order valence-electron chi connectivity index (χ4n) is 1.20. The summed E-state index contributed by atoms with van der Waals surface area (Å²) >= 11 is -2.01. The summed E-state index contributed by atoms with van der Waals surface area (Å²) in [7, 11) is -3.04. The van der Waals surface area contributed by atoms with Crippen molar-refractivity contribution in [3.63, 3.8) is 0 Å². The van der Waals surface area contributed by atoms with Crippen LogP contribution in [0.25, 0.3) is 0 Å². The van der Waals surface area contributed by atoms with Gasteiger partial charge in [-0.05, 0) is 0 Å². The fraction of sp³-hybridized carbons (Fsp3) is 0.400. The van der Waals surface area contributed by atoms with Crippen LogP contribution < -0.4 is 3.58 Å². The van der Waals surface area contributed by atoms with Gasteiger partial charge in [0.2, 0.25) is 0 Å². The van der Waals surface area contributed by atoms with E-state index in [4.69, 9.17) is 0 Å². The number of hydrogen-bond donors (Lipinski definition) is 0. The summed E-state index contributed by atoms with van der Waals surface area (Å²) in [4.78, 5) is 7.34. The van der Waals surface area contributed by atoms with Crippen molar-refractivity contribution in [2.45, 2.75) is 19.7 Å². The van der Waals surface area contributed by atoms with Gasteiger partial charge in [0.25, 0.3) is 0 Å². The van der Waals surface area contributed by atoms with Crippen LogP contribution in [0.2, 0.25) is 14.8 Å². The second-order valence-electron chi connectivity index (χ2n) is 4.55. The van der Waals surface area contributed by atoms with Crippen molar-refractivity contribution in [2.24, 2.45) is 0 Å². The summed E-state index contributed by atoms with van der Waals surface area (Å²) in [5, 5.41) is 0. The summed E-state index contributed by atoms with van der Waals surface area (Å²) in [5.74, 6) is 0. The van der Waals surface area contributed by atoms with Crippen molar-refractivity contribution >= 4 is 31.8 Å². The first-order valence-electron chi connectivity index (χ1n) is 4.52. The molecule has 0 aliphatic rings. The van der Waals surface area contributed by atoms with Crippen LogP contribution in [0.3, 0.4) is 0 Å². The first-order valence-corrected chi connectivity index (χ1v) is 16.4. The van der Waals surface area contributed by atoms with Gasteiger partial charge in [0.1, 0.15) is 0 Å². The molecule has 0 N–H and O–H groups in total. The Bertz CT molecular complexity index is 412. The van der Waals surface area contributed by atoms with Crippen LogP contribution in [0.5, 0.6) is 0 Å². The van der Waals surface area contributed by atoms with Gasteiger partial charge in [0.05, 0.1) is 0 Å². The number of benzene rings is 1. The summed E-state index contributed by atoms with van der Waals surface area (Å²) in [5.41, 5.74) is 0. The van der Waals surface area contributed by atoms with E-state index in [0.29, 0.717) is 4.90 Å². The Morgan fingerprint density at radius 1 is 1.00 bits per heavy atom. The zero-order valence-electron chi connectivity index (χ0n) is 9.03. The van der Waals surface area contributed by atoms with E-state index in [-0.39, 0.29) is 0 Å². The van der Waals surface area contributed by atoms with Crippen molar-refractivity contribution in [1.29, 1.82) is 0 Å². The van der Waals surface area contributed by atoms with Crippen LogP contribution in [-0.4, -0.2) is 33.1 Å². The Morgan fingerprint density at radius 3 is 1.71 bits per heavy atom. The molecule has 14 heavy (non-hydrogen) atoms. The minimum atomic E-state index is -3.04. The molecule has 0 bridgehead atoms. The van der Waals surface area contributed by atoms with Gasteiger partial charge in [0.15, 0.2) is 0 Å². The Balaban J connectivity index is 3.14. The van der Waals surface area contributed by atoms with E-state index < -0.39 is 28.2 Å². The van der Waals surface area contributed by atoms with Crippen LogP contribution in [-0.2, 0) is 9.84 Å². The second-order valence-corrected chi connectivity index (χ2v) is 21.1. The van der Waals surface area contributed by atoms with Gasteiger partial charge in [-0.1, -0.05) is 0 Å².